The van der Waals surface area contributed by atoms with Gasteiger partial charge in [-0.05, 0) is 25.1 Å². The van der Waals surface area contributed by atoms with E-state index in [2.05, 4.69) is 0 Å². The third-order valence-corrected chi connectivity index (χ3v) is 3.14. The fourth-order valence-corrected chi connectivity index (χ4v) is 2.24. The topological polar surface area (TPSA) is 20.3 Å². The second kappa shape index (κ2) is 4.42. The molecule has 1 aromatic rings. The predicted octanol–water partition coefficient (Wildman–Crippen LogP) is 3.04. The molecule has 2 nitrogen and oxygen atoms in total. The van der Waals surface area contributed by atoms with Crippen molar-refractivity contribution in [2.75, 3.05) is 11.4 Å². The minimum Gasteiger partial charge on any atom is -0.366 e. The van der Waals surface area contributed by atoms with E-state index in [1.807, 2.05) is 11.8 Å². The van der Waals surface area contributed by atoms with E-state index in [1.54, 1.807) is 12.1 Å². The number of piperidine rings is 1. The van der Waals surface area contributed by atoms with Crippen LogP contribution in [0.5, 0.6) is 0 Å². The number of benzene rings is 1. The summed E-state index contributed by atoms with van der Waals surface area (Å²) in [7, 11) is 0. The monoisotopic (exact) mass is 241 g/mol. The zero-order valence-electron chi connectivity index (χ0n) is 9.04. The summed E-state index contributed by atoms with van der Waals surface area (Å²) in [4.78, 5) is 13.2. The molecule has 0 amide bonds. The Balaban J connectivity index is 2.26. The lowest BCUT2D eigenvalue weighted by Gasteiger charge is -2.34. The molecule has 0 radical (unpaired) electrons. The molecule has 1 unspecified atom stereocenters. The highest BCUT2D eigenvalue weighted by atomic mass is 35.5. The standard InChI is InChI=1S/C12H13ClFNO/c1-8-6-10(16)4-5-15(8)12-3-2-9(13)7-11(12)14/h2-3,7-8H,4-6H2,1H3. The summed E-state index contributed by atoms with van der Waals surface area (Å²) in [6, 6.07) is 4.70. The van der Waals surface area contributed by atoms with Gasteiger partial charge >= 0.3 is 0 Å². The van der Waals surface area contributed by atoms with Gasteiger partial charge in [-0.3, -0.25) is 4.79 Å². The van der Waals surface area contributed by atoms with Gasteiger partial charge in [0.1, 0.15) is 11.6 Å². The first kappa shape index (κ1) is 11.4. The summed E-state index contributed by atoms with van der Waals surface area (Å²) in [6.07, 6.45) is 0.981. The van der Waals surface area contributed by atoms with E-state index in [4.69, 9.17) is 11.6 Å². The van der Waals surface area contributed by atoms with E-state index in [1.165, 1.54) is 6.07 Å². The van der Waals surface area contributed by atoms with Crippen molar-refractivity contribution in [1.29, 1.82) is 0 Å². The van der Waals surface area contributed by atoms with E-state index in [0.29, 0.717) is 30.1 Å². The number of halogens is 2. The number of nitrogens with zero attached hydrogens (tertiary/aromatic N) is 1. The third-order valence-electron chi connectivity index (χ3n) is 2.91. The van der Waals surface area contributed by atoms with Crippen LogP contribution in [0.1, 0.15) is 19.8 Å². The van der Waals surface area contributed by atoms with Crippen molar-refractivity contribution in [3.63, 3.8) is 0 Å². The van der Waals surface area contributed by atoms with Crippen LogP contribution in [0.25, 0.3) is 0 Å². The molecule has 1 saturated heterocycles. The molecule has 0 bridgehead atoms. The first-order chi connectivity index (χ1) is 7.58. The largest absolute Gasteiger partial charge is 0.366 e. The molecule has 0 N–H and O–H groups in total. The summed E-state index contributed by atoms with van der Waals surface area (Å²) >= 11 is 5.70. The minimum atomic E-state index is -0.325. The van der Waals surface area contributed by atoms with Crippen molar-refractivity contribution in [2.24, 2.45) is 0 Å². The number of carbonyl (C=O) groups is 1. The molecular formula is C12H13ClFNO. The normalized spacial score (nSPS) is 21.3. The van der Waals surface area contributed by atoms with Crippen LogP contribution in [0.4, 0.5) is 10.1 Å². The number of hydrogen-bond acceptors (Lipinski definition) is 2. The van der Waals surface area contributed by atoms with E-state index in [-0.39, 0.29) is 17.6 Å². The highest BCUT2D eigenvalue weighted by molar-refractivity contribution is 6.30. The maximum absolute atomic E-state index is 13.7. The lowest BCUT2D eigenvalue weighted by molar-refractivity contribution is -0.120. The molecule has 2 rings (SSSR count). The smallest absolute Gasteiger partial charge is 0.147 e. The van der Waals surface area contributed by atoms with Crippen LogP contribution in [-0.4, -0.2) is 18.4 Å². The van der Waals surface area contributed by atoms with Crippen molar-refractivity contribution in [3.05, 3.63) is 29.0 Å². The molecule has 0 saturated carbocycles. The van der Waals surface area contributed by atoms with Crippen molar-refractivity contribution in [1.82, 2.24) is 0 Å². The molecule has 1 fully saturated rings. The molecule has 4 heteroatoms. The van der Waals surface area contributed by atoms with E-state index < -0.39 is 0 Å². The summed E-state index contributed by atoms with van der Waals surface area (Å²) < 4.78 is 13.7. The summed E-state index contributed by atoms with van der Waals surface area (Å²) in [6.45, 7) is 2.52. The van der Waals surface area contributed by atoms with Crippen molar-refractivity contribution in [3.8, 4) is 0 Å². The first-order valence-corrected chi connectivity index (χ1v) is 5.69. The van der Waals surface area contributed by atoms with Gasteiger partial charge in [0.25, 0.3) is 0 Å². The van der Waals surface area contributed by atoms with Gasteiger partial charge in [-0.15, -0.1) is 0 Å². The molecule has 16 heavy (non-hydrogen) atoms. The highest BCUT2D eigenvalue weighted by Crippen LogP contribution is 2.27. The van der Waals surface area contributed by atoms with Gasteiger partial charge in [-0.1, -0.05) is 11.6 Å². The second-order valence-electron chi connectivity index (χ2n) is 4.13. The second-order valence-corrected chi connectivity index (χ2v) is 4.57. The molecule has 1 aromatic carbocycles. The van der Waals surface area contributed by atoms with Crippen LogP contribution in [0.3, 0.4) is 0 Å². The fourth-order valence-electron chi connectivity index (χ4n) is 2.08. The quantitative estimate of drug-likeness (QED) is 0.753. The van der Waals surface area contributed by atoms with Crippen LogP contribution in [0, 0.1) is 5.82 Å². The summed E-state index contributed by atoms with van der Waals surface area (Å²) in [5.41, 5.74) is 0.532. The van der Waals surface area contributed by atoms with Crippen LogP contribution >= 0.6 is 11.6 Å². The van der Waals surface area contributed by atoms with E-state index >= 15 is 0 Å². The minimum absolute atomic E-state index is 0.0527. The van der Waals surface area contributed by atoms with Crippen molar-refractivity contribution in [2.45, 2.75) is 25.8 Å². The molecule has 0 spiro atoms. The van der Waals surface area contributed by atoms with Crippen molar-refractivity contribution >= 4 is 23.1 Å². The molecule has 1 heterocycles. The maximum atomic E-state index is 13.7. The average molecular weight is 242 g/mol. The third kappa shape index (κ3) is 2.19. The number of anilines is 1. The number of carbonyl (C=O) groups excluding carboxylic acids is 1. The molecule has 1 atom stereocenters. The average Bonchev–Trinajstić information content (AvgIpc) is 2.19. The predicted molar refractivity (Wildman–Crippen MR) is 62.5 cm³/mol. The van der Waals surface area contributed by atoms with Gasteiger partial charge in [0.15, 0.2) is 0 Å². The van der Waals surface area contributed by atoms with Gasteiger partial charge in [-0.2, -0.15) is 0 Å². The Morgan fingerprint density at radius 3 is 2.88 bits per heavy atom. The zero-order chi connectivity index (χ0) is 11.7. The highest BCUT2D eigenvalue weighted by Gasteiger charge is 2.25. The summed E-state index contributed by atoms with van der Waals surface area (Å²) in [5.74, 6) is -0.0770. The van der Waals surface area contributed by atoms with Crippen LogP contribution in [0.2, 0.25) is 5.02 Å². The van der Waals surface area contributed by atoms with Gasteiger partial charge in [0, 0.05) is 30.5 Å². The molecule has 86 valence electrons. The SMILES string of the molecule is CC1CC(=O)CCN1c1ccc(Cl)cc1F. The molecule has 0 aliphatic carbocycles. The van der Waals surface area contributed by atoms with Crippen molar-refractivity contribution < 1.29 is 9.18 Å². The van der Waals surface area contributed by atoms with Crippen LogP contribution < -0.4 is 4.90 Å². The Morgan fingerprint density at radius 1 is 1.50 bits per heavy atom. The van der Waals surface area contributed by atoms with Gasteiger partial charge in [0.05, 0.1) is 5.69 Å². The van der Waals surface area contributed by atoms with Crippen LogP contribution in [-0.2, 0) is 4.79 Å². The fraction of sp³-hybridized carbons (Fsp3) is 0.417. The number of hydrogen-bond donors (Lipinski definition) is 0. The van der Waals surface area contributed by atoms with E-state index in [0.717, 1.165) is 0 Å². The first-order valence-electron chi connectivity index (χ1n) is 5.31. The Bertz CT molecular complexity index is 421. The maximum Gasteiger partial charge on any atom is 0.147 e. The number of Topliss-reactive ketones (excluding diaryl/α,β-unsaturated/α-hetero) is 1. The van der Waals surface area contributed by atoms with Gasteiger partial charge in [0.2, 0.25) is 0 Å². The summed E-state index contributed by atoms with van der Waals surface area (Å²) in [5, 5.41) is 0.391. The Morgan fingerprint density at radius 2 is 2.25 bits per heavy atom. The lowest BCUT2D eigenvalue weighted by Crippen LogP contribution is -2.41. The molecule has 1 aliphatic heterocycles. The Kier molecular flexibility index (Phi) is 3.15. The molecule has 1 aliphatic rings. The lowest BCUT2D eigenvalue weighted by atomic mass is 10.0. The van der Waals surface area contributed by atoms with E-state index in [9.17, 15) is 9.18 Å². The van der Waals surface area contributed by atoms with Gasteiger partial charge < -0.3 is 4.90 Å². The number of ketones is 1. The Labute approximate surface area is 99.0 Å². The zero-order valence-corrected chi connectivity index (χ0v) is 9.80. The molecule has 0 aromatic heterocycles. The molecular weight excluding hydrogens is 229 g/mol. The number of rotatable bonds is 1. The Hall–Kier alpha value is -1.09. The van der Waals surface area contributed by atoms with Gasteiger partial charge in [-0.25, -0.2) is 4.39 Å². The van der Waals surface area contributed by atoms with Crippen LogP contribution in [0.15, 0.2) is 18.2 Å².